The Morgan fingerprint density at radius 3 is 2.61 bits per heavy atom. The van der Waals surface area contributed by atoms with Crippen LogP contribution in [0.1, 0.15) is 25.7 Å². The quantitative estimate of drug-likeness (QED) is 0.768. The molecule has 1 heterocycles. The summed E-state index contributed by atoms with van der Waals surface area (Å²) in [6, 6.07) is 0.363. The van der Waals surface area contributed by atoms with Gasteiger partial charge in [-0.15, -0.1) is 12.4 Å². The van der Waals surface area contributed by atoms with Crippen molar-refractivity contribution in [2.24, 2.45) is 5.92 Å². The largest absolute Gasteiger partial charge is 0.352 e. The lowest BCUT2D eigenvalue weighted by Crippen LogP contribution is -2.45. The van der Waals surface area contributed by atoms with Crippen LogP contribution in [0, 0.1) is 5.92 Å². The Labute approximate surface area is 114 Å². The molecule has 0 spiro atoms. The summed E-state index contributed by atoms with van der Waals surface area (Å²) in [5.41, 5.74) is 0. The van der Waals surface area contributed by atoms with Crippen molar-refractivity contribution in [3.05, 3.63) is 0 Å². The summed E-state index contributed by atoms with van der Waals surface area (Å²) in [5.74, 6) is 0.0951. The molecule has 2 aliphatic rings. The van der Waals surface area contributed by atoms with Crippen molar-refractivity contribution in [1.29, 1.82) is 0 Å². The van der Waals surface area contributed by atoms with Crippen LogP contribution in [-0.4, -0.2) is 49.4 Å². The van der Waals surface area contributed by atoms with Gasteiger partial charge in [0.05, 0.1) is 12.5 Å². The number of rotatable bonds is 4. The third-order valence-corrected chi connectivity index (χ3v) is 3.35. The number of amides is 2. The minimum atomic E-state index is -0.0351. The highest BCUT2D eigenvalue weighted by molar-refractivity contribution is 5.86. The Hall–Kier alpha value is -0.810. The molecular formula is C12H22ClN3O2. The predicted molar refractivity (Wildman–Crippen MR) is 71.6 cm³/mol. The van der Waals surface area contributed by atoms with Gasteiger partial charge in [0.2, 0.25) is 11.8 Å². The second kappa shape index (κ2) is 6.95. The molecule has 5 nitrogen and oxygen atoms in total. The Morgan fingerprint density at radius 1 is 1.33 bits per heavy atom. The van der Waals surface area contributed by atoms with Crippen LogP contribution >= 0.6 is 12.4 Å². The molecule has 1 atom stereocenters. The zero-order valence-electron chi connectivity index (χ0n) is 10.8. The second-order valence-electron chi connectivity index (χ2n) is 5.08. The van der Waals surface area contributed by atoms with Gasteiger partial charge in [-0.05, 0) is 32.2 Å². The van der Waals surface area contributed by atoms with Crippen molar-refractivity contribution in [3.63, 3.8) is 0 Å². The predicted octanol–water partition coefficient (Wildman–Crippen LogP) is 0.145. The first-order valence-corrected chi connectivity index (χ1v) is 6.42. The van der Waals surface area contributed by atoms with Crippen LogP contribution in [0.15, 0.2) is 0 Å². The number of carbonyl (C=O) groups is 2. The van der Waals surface area contributed by atoms with Crippen LogP contribution in [0.4, 0.5) is 0 Å². The van der Waals surface area contributed by atoms with Gasteiger partial charge in [0, 0.05) is 19.6 Å². The lowest BCUT2D eigenvalue weighted by molar-refractivity contribution is -0.138. The molecule has 1 saturated heterocycles. The van der Waals surface area contributed by atoms with Crippen LogP contribution in [0.25, 0.3) is 0 Å². The maximum Gasteiger partial charge on any atom is 0.239 e. The van der Waals surface area contributed by atoms with E-state index >= 15 is 0 Å². The number of piperidine rings is 1. The monoisotopic (exact) mass is 275 g/mol. The van der Waals surface area contributed by atoms with Crippen LogP contribution in [0.5, 0.6) is 0 Å². The van der Waals surface area contributed by atoms with Crippen molar-refractivity contribution in [2.75, 3.05) is 26.7 Å². The van der Waals surface area contributed by atoms with E-state index in [1.807, 2.05) is 0 Å². The minimum absolute atomic E-state index is 0. The minimum Gasteiger partial charge on any atom is -0.352 e. The highest BCUT2D eigenvalue weighted by Gasteiger charge is 2.27. The van der Waals surface area contributed by atoms with Gasteiger partial charge < -0.3 is 15.5 Å². The van der Waals surface area contributed by atoms with Gasteiger partial charge in [-0.2, -0.15) is 0 Å². The fourth-order valence-electron chi connectivity index (χ4n) is 2.17. The third-order valence-electron chi connectivity index (χ3n) is 3.35. The number of hydrogen-bond donors (Lipinski definition) is 2. The van der Waals surface area contributed by atoms with E-state index < -0.39 is 0 Å². The molecule has 1 saturated carbocycles. The molecule has 0 aromatic heterocycles. The normalized spacial score (nSPS) is 22.8. The zero-order chi connectivity index (χ0) is 12.3. The van der Waals surface area contributed by atoms with E-state index in [4.69, 9.17) is 0 Å². The lowest BCUT2D eigenvalue weighted by atomic mass is 9.98. The number of halogens is 1. The SMILES string of the molecule is CN(CC(=O)NC1CC1)C(=O)[C@@H]1CCCNC1.Cl. The molecule has 104 valence electrons. The molecule has 2 N–H and O–H groups in total. The molecule has 0 aromatic rings. The van der Waals surface area contributed by atoms with E-state index in [0.29, 0.717) is 6.04 Å². The number of nitrogens with zero attached hydrogens (tertiary/aromatic N) is 1. The molecule has 2 rings (SSSR count). The Bertz CT molecular complexity index is 302. The fourth-order valence-corrected chi connectivity index (χ4v) is 2.17. The molecule has 1 aliphatic carbocycles. The molecule has 0 aromatic carbocycles. The number of nitrogens with one attached hydrogen (secondary N) is 2. The summed E-state index contributed by atoms with van der Waals surface area (Å²) < 4.78 is 0. The van der Waals surface area contributed by atoms with Crippen molar-refractivity contribution in [1.82, 2.24) is 15.5 Å². The smallest absolute Gasteiger partial charge is 0.239 e. The van der Waals surface area contributed by atoms with E-state index in [1.54, 1.807) is 11.9 Å². The highest BCUT2D eigenvalue weighted by Crippen LogP contribution is 2.18. The molecule has 1 aliphatic heterocycles. The van der Waals surface area contributed by atoms with E-state index in [1.165, 1.54) is 0 Å². The van der Waals surface area contributed by atoms with Crippen LogP contribution in [0.3, 0.4) is 0 Å². The molecule has 0 unspecified atom stereocenters. The van der Waals surface area contributed by atoms with E-state index in [-0.39, 0.29) is 36.7 Å². The number of likely N-dealkylation sites (N-methyl/N-ethyl adjacent to an activating group) is 1. The van der Waals surface area contributed by atoms with Gasteiger partial charge >= 0.3 is 0 Å². The molecule has 18 heavy (non-hydrogen) atoms. The first-order chi connectivity index (χ1) is 8.16. The van der Waals surface area contributed by atoms with Gasteiger partial charge in [-0.25, -0.2) is 0 Å². The van der Waals surface area contributed by atoms with Gasteiger partial charge in [0.15, 0.2) is 0 Å². The maximum absolute atomic E-state index is 12.0. The molecule has 2 amide bonds. The second-order valence-corrected chi connectivity index (χ2v) is 5.08. The average Bonchev–Trinajstić information content (AvgIpc) is 3.12. The summed E-state index contributed by atoms with van der Waals surface area (Å²) in [6.07, 6.45) is 4.13. The molecule has 6 heteroatoms. The first kappa shape index (κ1) is 15.2. The zero-order valence-corrected chi connectivity index (χ0v) is 11.6. The van der Waals surface area contributed by atoms with Gasteiger partial charge in [-0.1, -0.05) is 0 Å². The Kier molecular flexibility index (Phi) is 5.88. The topological polar surface area (TPSA) is 61.4 Å². The van der Waals surface area contributed by atoms with E-state index in [0.717, 1.165) is 38.8 Å². The van der Waals surface area contributed by atoms with Crippen molar-refractivity contribution < 1.29 is 9.59 Å². The van der Waals surface area contributed by atoms with Gasteiger partial charge in [-0.3, -0.25) is 9.59 Å². The molecule has 0 bridgehead atoms. The van der Waals surface area contributed by atoms with E-state index in [9.17, 15) is 9.59 Å². The van der Waals surface area contributed by atoms with Crippen molar-refractivity contribution in [2.45, 2.75) is 31.7 Å². The number of carbonyl (C=O) groups excluding carboxylic acids is 2. The van der Waals surface area contributed by atoms with Crippen molar-refractivity contribution in [3.8, 4) is 0 Å². The summed E-state index contributed by atoms with van der Waals surface area (Å²) in [6.45, 7) is 1.93. The van der Waals surface area contributed by atoms with Crippen LogP contribution in [0.2, 0.25) is 0 Å². The number of hydrogen-bond acceptors (Lipinski definition) is 3. The molecule has 0 radical (unpaired) electrons. The Balaban J connectivity index is 0.00000162. The molecule has 2 fully saturated rings. The van der Waals surface area contributed by atoms with Crippen LogP contribution in [-0.2, 0) is 9.59 Å². The van der Waals surface area contributed by atoms with Crippen LogP contribution < -0.4 is 10.6 Å². The fraction of sp³-hybridized carbons (Fsp3) is 0.833. The summed E-state index contributed by atoms with van der Waals surface area (Å²) in [5, 5.41) is 6.11. The highest BCUT2D eigenvalue weighted by atomic mass is 35.5. The van der Waals surface area contributed by atoms with Gasteiger partial charge in [0.25, 0.3) is 0 Å². The first-order valence-electron chi connectivity index (χ1n) is 6.42. The lowest BCUT2D eigenvalue weighted by Gasteiger charge is -2.26. The third kappa shape index (κ3) is 4.46. The summed E-state index contributed by atoms with van der Waals surface area (Å²) >= 11 is 0. The van der Waals surface area contributed by atoms with E-state index in [2.05, 4.69) is 10.6 Å². The van der Waals surface area contributed by atoms with Gasteiger partial charge in [0.1, 0.15) is 0 Å². The molecular weight excluding hydrogens is 254 g/mol. The average molecular weight is 276 g/mol. The van der Waals surface area contributed by atoms with Crippen molar-refractivity contribution >= 4 is 24.2 Å². The standard InChI is InChI=1S/C12H21N3O2.ClH/c1-15(8-11(16)14-10-4-5-10)12(17)9-3-2-6-13-7-9;/h9-10,13H,2-8H2,1H3,(H,14,16);1H/t9-;/m1./s1. The Morgan fingerprint density at radius 2 is 2.06 bits per heavy atom. The summed E-state index contributed by atoms with van der Waals surface area (Å²) in [7, 11) is 1.71. The summed E-state index contributed by atoms with van der Waals surface area (Å²) in [4.78, 5) is 25.2. The maximum atomic E-state index is 12.0.